The van der Waals surface area contributed by atoms with Gasteiger partial charge in [0.1, 0.15) is 5.78 Å². The van der Waals surface area contributed by atoms with E-state index in [9.17, 15) is 4.79 Å². The van der Waals surface area contributed by atoms with E-state index in [1.54, 1.807) is 10.9 Å². The SMILES string of the molecule is CN1CCC(CC(=O)Cc2cc3nc(-c4cnn(C)c4)ccc3cn2)CC1. The van der Waals surface area contributed by atoms with E-state index in [-0.39, 0.29) is 5.78 Å². The second-order valence-electron chi connectivity index (χ2n) is 7.63. The fraction of sp³-hybridized carbons (Fsp3) is 0.429. The zero-order valence-electron chi connectivity index (χ0n) is 15.9. The topological polar surface area (TPSA) is 63.9 Å². The number of carbonyl (C=O) groups excluding carboxylic acids is 1. The van der Waals surface area contributed by atoms with Crippen molar-refractivity contribution in [2.24, 2.45) is 13.0 Å². The molecule has 0 amide bonds. The summed E-state index contributed by atoms with van der Waals surface area (Å²) in [4.78, 5) is 24.0. The number of Topliss-reactive ketones (excluding diaryl/α,β-unsaturated/α-hetero) is 1. The number of hydrogen-bond donors (Lipinski definition) is 0. The third-order valence-electron chi connectivity index (χ3n) is 5.36. The Morgan fingerprint density at radius 1 is 1.19 bits per heavy atom. The van der Waals surface area contributed by atoms with Crippen LogP contribution in [0.1, 0.15) is 25.0 Å². The van der Waals surface area contributed by atoms with E-state index in [0.717, 1.165) is 53.8 Å². The molecule has 4 heterocycles. The standard InChI is InChI=1S/C21H25N5O/c1-25-7-5-15(6-8-25)9-19(27)10-18-11-21-16(12-22-18)3-4-20(24-21)17-13-23-26(2)14-17/h3-4,11-15H,5-10H2,1-2H3. The largest absolute Gasteiger partial charge is 0.306 e. The molecule has 6 nitrogen and oxygen atoms in total. The molecule has 0 N–H and O–H groups in total. The van der Waals surface area contributed by atoms with Crippen molar-refractivity contribution in [1.82, 2.24) is 24.6 Å². The van der Waals surface area contributed by atoms with Gasteiger partial charge in [-0.2, -0.15) is 5.10 Å². The Morgan fingerprint density at radius 3 is 2.74 bits per heavy atom. The van der Waals surface area contributed by atoms with Gasteiger partial charge in [0.05, 0.1) is 17.4 Å². The van der Waals surface area contributed by atoms with Crippen LogP contribution in [-0.2, 0) is 18.3 Å². The fourth-order valence-electron chi connectivity index (χ4n) is 3.73. The van der Waals surface area contributed by atoms with Gasteiger partial charge in [0.15, 0.2) is 0 Å². The van der Waals surface area contributed by atoms with Gasteiger partial charge in [-0.15, -0.1) is 0 Å². The first-order valence-corrected chi connectivity index (χ1v) is 9.52. The van der Waals surface area contributed by atoms with Crippen LogP contribution in [0.15, 0.2) is 36.8 Å². The zero-order valence-corrected chi connectivity index (χ0v) is 15.9. The Balaban J connectivity index is 1.48. The van der Waals surface area contributed by atoms with Crippen LogP contribution in [0.25, 0.3) is 22.2 Å². The molecule has 0 spiro atoms. The van der Waals surface area contributed by atoms with Crippen LogP contribution in [0, 0.1) is 5.92 Å². The number of piperidine rings is 1. The molecule has 0 aliphatic carbocycles. The minimum Gasteiger partial charge on any atom is -0.306 e. The minimum atomic E-state index is 0.278. The van der Waals surface area contributed by atoms with Gasteiger partial charge in [0, 0.05) is 48.9 Å². The molecule has 0 aromatic carbocycles. The summed E-state index contributed by atoms with van der Waals surface area (Å²) in [5.41, 5.74) is 3.53. The molecule has 0 radical (unpaired) electrons. The maximum atomic E-state index is 12.5. The highest BCUT2D eigenvalue weighted by atomic mass is 16.1. The van der Waals surface area contributed by atoms with Crippen molar-refractivity contribution in [3.8, 4) is 11.3 Å². The van der Waals surface area contributed by atoms with E-state index in [1.807, 2.05) is 37.6 Å². The highest BCUT2D eigenvalue weighted by Crippen LogP contribution is 2.22. The molecule has 1 saturated heterocycles. The van der Waals surface area contributed by atoms with Gasteiger partial charge >= 0.3 is 0 Å². The number of aromatic nitrogens is 4. The van der Waals surface area contributed by atoms with Crippen LogP contribution >= 0.6 is 0 Å². The first-order chi connectivity index (χ1) is 13.1. The van der Waals surface area contributed by atoms with Crippen LogP contribution in [0.5, 0.6) is 0 Å². The van der Waals surface area contributed by atoms with E-state index in [4.69, 9.17) is 4.98 Å². The van der Waals surface area contributed by atoms with Crippen LogP contribution in [0.2, 0.25) is 0 Å². The average Bonchev–Trinajstić information content (AvgIpc) is 3.09. The summed E-state index contributed by atoms with van der Waals surface area (Å²) >= 11 is 0. The Hall–Kier alpha value is -2.60. The average molecular weight is 363 g/mol. The third kappa shape index (κ3) is 4.22. The molecule has 140 valence electrons. The predicted molar refractivity (Wildman–Crippen MR) is 105 cm³/mol. The van der Waals surface area contributed by atoms with Gasteiger partial charge in [-0.1, -0.05) is 0 Å². The summed E-state index contributed by atoms with van der Waals surface area (Å²) < 4.78 is 1.76. The van der Waals surface area contributed by atoms with Crippen molar-refractivity contribution in [2.45, 2.75) is 25.7 Å². The van der Waals surface area contributed by atoms with Crippen molar-refractivity contribution in [3.05, 3.63) is 42.5 Å². The summed E-state index contributed by atoms with van der Waals surface area (Å²) in [7, 11) is 4.03. The number of likely N-dealkylation sites (tertiary alicyclic amines) is 1. The van der Waals surface area contributed by atoms with Crippen LogP contribution in [0.3, 0.4) is 0 Å². The first kappa shape index (κ1) is 17.8. The van der Waals surface area contributed by atoms with E-state index in [2.05, 4.69) is 22.0 Å². The number of pyridine rings is 2. The summed E-state index contributed by atoms with van der Waals surface area (Å²) in [5, 5.41) is 5.19. The molecular formula is C21H25N5O. The Kier molecular flexibility index (Phi) is 4.99. The van der Waals surface area contributed by atoms with E-state index in [1.165, 1.54) is 0 Å². The lowest BCUT2D eigenvalue weighted by Gasteiger charge is -2.28. The zero-order chi connectivity index (χ0) is 18.8. The number of fused-ring (bicyclic) bond motifs is 1. The molecule has 0 bridgehead atoms. The van der Waals surface area contributed by atoms with Gasteiger partial charge in [-0.05, 0) is 57.1 Å². The highest BCUT2D eigenvalue weighted by molar-refractivity contribution is 5.84. The molecule has 3 aromatic heterocycles. The molecule has 0 saturated carbocycles. The monoisotopic (exact) mass is 363 g/mol. The maximum Gasteiger partial charge on any atom is 0.139 e. The van der Waals surface area contributed by atoms with Gasteiger partial charge in [-0.3, -0.25) is 14.5 Å². The Labute approximate surface area is 159 Å². The van der Waals surface area contributed by atoms with Gasteiger partial charge < -0.3 is 4.90 Å². The lowest BCUT2D eigenvalue weighted by atomic mass is 9.91. The number of aryl methyl sites for hydroxylation is 1. The van der Waals surface area contributed by atoms with E-state index < -0.39 is 0 Å². The van der Waals surface area contributed by atoms with E-state index in [0.29, 0.717) is 18.8 Å². The summed E-state index contributed by atoms with van der Waals surface area (Å²) in [5.74, 6) is 0.796. The van der Waals surface area contributed by atoms with Crippen molar-refractivity contribution >= 4 is 16.7 Å². The molecular weight excluding hydrogens is 338 g/mol. The molecule has 27 heavy (non-hydrogen) atoms. The highest BCUT2D eigenvalue weighted by Gasteiger charge is 2.20. The molecule has 3 aromatic rings. The summed E-state index contributed by atoms with van der Waals surface area (Å²) in [6.45, 7) is 2.18. The lowest BCUT2D eigenvalue weighted by Crippen LogP contribution is -2.31. The van der Waals surface area contributed by atoms with E-state index >= 15 is 0 Å². The fourth-order valence-corrected chi connectivity index (χ4v) is 3.73. The number of rotatable bonds is 5. The minimum absolute atomic E-state index is 0.278. The van der Waals surface area contributed by atoms with Crippen molar-refractivity contribution < 1.29 is 4.79 Å². The molecule has 0 unspecified atom stereocenters. The Morgan fingerprint density at radius 2 is 2.00 bits per heavy atom. The quantitative estimate of drug-likeness (QED) is 0.697. The normalized spacial score (nSPS) is 16.1. The Bertz CT molecular complexity index is 956. The number of nitrogens with zero attached hydrogens (tertiary/aromatic N) is 5. The van der Waals surface area contributed by atoms with Gasteiger partial charge in [0.2, 0.25) is 0 Å². The van der Waals surface area contributed by atoms with Crippen molar-refractivity contribution in [3.63, 3.8) is 0 Å². The third-order valence-corrected chi connectivity index (χ3v) is 5.36. The smallest absolute Gasteiger partial charge is 0.139 e. The number of hydrogen-bond acceptors (Lipinski definition) is 5. The second kappa shape index (κ2) is 7.56. The summed E-state index contributed by atoms with van der Waals surface area (Å²) in [6.07, 6.45) is 8.85. The maximum absolute atomic E-state index is 12.5. The second-order valence-corrected chi connectivity index (χ2v) is 7.63. The van der Waals surface area contributed by atoms with Crippen molar-refractivity contribution in [2.75, 3.05) is 20.1 Å². The first-order valence-electron chi connectivity index (χ1n) is 9.52. The summed E-state index contributed by atoms with van der Waals surface area (Å²) in [6, 6.07) is 5.94. The molecule has 1 fully saturated rings. The predicted octanol–water partition coefficient (Wildman–Crippen LogP) is 2.87. The van der Waals surface area contributed by atoms with Crippen LogP contribution < -0.4 is 0 Å². The van der Waals surface area contributed by atoms with Crippen LogP contribution in [-0.4, -0.2) is 50.6 Å². The number of ketones is 1. The molecule has 4 rings (SSSR count). The van der Waals surface area contributed by atoms with Crippen molar-refractivity contribution in [1.29, 1.82) is 0 Å². The van der Waals surface area contributed by atoms with Gasteiger partial charge in [0.25, 0.3) is 0 Å². The molecule has 1 aliphatic heterocycles. The molecule has 1 aliphatic rings. The molecule has 6 heteroatoms. The number of carbonyl (C=O) groups is 1. The van der Waals surface area contributed by atoms with Gasteiger partial charge in [-0.25, -0.2) is 4.98 Å². The molecule has 0 atom stereocenters. The van der Waals surface area contributed by atoms with Crippen LogP contribution in [0.4, 0.5) is 0 Å². The lowest BCUT2D eigenvalue weighted by molar-refractivity contribution is -0.119.